The normalized spacial score (nSPS) is 12.1. The van der Waals surface area contributed by atoms with Crippen LogP contribution in [0.25, 0.3) is 5.57 Å². The van der Waals surface area contributed by atoms with E-state index in [4.69, 9.17) is 23.2 Å². The van der Waals surface area contributed by atoms with Gasteiger partial charge in [-0.05, 0) is 25.8 Å². The van der Waals surface area contributed by atoms with Crippen LogP contribution in [0.3, 0.4) is 0 Å². The van der Waals surface area contributed by atoms with Gasteiger partial charge in [-0.15, -0.1) is 11.6 Å². The maximum Gasteiger partial charge on any atom is 0.0862 e. The fourth-order valence-electron chi connectivity index (χ4n) is 1.36. The van der Waals surface area contributed by atoms with E-state index < -0.39 is 0 Å². The molecule has 0 aliphatic rings. The van der Waals surface area contributed by atoms with E-state index in [-0.39, 0.29) is 0 Å². The second-order valence-corrected chi connectivity index (χ2v) is 3.81. The smallest absolute Gasteiger partial charge is 0.0862 e. The molecule has 0 aromatic carbocycles. The van der Waals surface area contributed by atoms with E-state index in [2.05, 4.69) is 11.2 Å². The Morgan fingerprint density at radius 3 is 2.93 bits per heavy atom. The van der Waals surface area contributed by atoms with Crippen LogP contribution in [0.5, 0.6) is 0 Å². The molecule has 0 amide bonds. The highest BCUT2D eigenvalue weighted by molar-refractivity contribution is 6.32. The Morgan fingerprint density at radius 1 is 1.64 bits per heavy atom. The van der Waals surface area contributed by atoms with Crippen molar-refractivity contribution in [1.29, 1.82) is 0 Å². The van der Waals surface area contributed by atoms with Crippen LogP contribution in [-0.4, -0.2) is 15.7 Å². The Kier molecular flexibility index (Phi) is 4.49. The van der Waals surface area contributed by atoms with E-state index in [1.165, 1.54) is 0 Å². The molecule has 78 valence electrons. The lowest BCUT2D eigenvalue weighted by Gasteiger charge is -2.05. The highest BCUT2D eigenvalue weighted by Gasteiger charge is 2.08. The van der Waals surface area contributed by atoms with Gasteiger partial charge < -0.3 is 0 Å². The third-order valence-electron chi connectivity index (χ3n) is 2.03. The van der Waals surface area contributed by atoms with Crippen molar-refractivity contribution in [1.82, 2.24) is 9.78 Å². The molecule has 0 unspecified atom stereocenters. The Bertz CT molecular complexity index is 329. The summed E-state index contributed by atoms with van der Waals surface area (Å²) in [6.45, 7) is 4.90. The number of hydrogen-bond acceptors (Lipinski definition) is 1. The molecule has 1 aromatic heterocycles. The van der Waals surface area contributed by atoms with E-state index in [1.807, 2.05) is 18.5 Å². The monoisotopic (exact) mass is 232 g/mol. The highest BCUT2D eigenvalue weighted by Crippen LogP contribution is 2.23. The van der Waals surface area contributed by atoms with Gasteiger partial charge in [-0.25, -0.2) is 0 Å². The van der Waals surface area contributed by atoms with Gasteiger partial charge in [0.25, 0.3) is 0 Å². The number of halogens is 2. The maximum absolute atomic E-state index is 6.04. The molecule has 2 nitrogen and oxygen atoms in total. The molecule has 1 rings (SSSR count). The second-order valence-electron chi connectivity index (χ2n) is 3.02. The minimum absolute atomic E-state index is 0.634. The molecule has 0 aliphatic heterocycles. The largest absolute Gasteiger partial charge is 0.264 e. The van der Waals surface area contributed by atoms with E-state index in [0.29, 0.717) is 10.9 Å². The van der Waals surface area contributed by atoms with Crippen LogP contribution in [0.4, 0.5) is 0 Å². The predicted octanol–water partition coefficient (Wildman–Crippen LogP) is 3.59. The highest BCUT2D eigenvalue weighted by atomic mass is 35.5. The van der Waals surface area contributed by atoms with Gasteiger partial charge >= 0.3 is 0 Å². The topological polar surface area (TPSA) is 17.8 Å². The molecule has 0 atom stereocenters. The third-order valence-corrected chi connectivity index (χ3v) is 2.52. The number of rotatable bonds is 4. The van der Waals surface area contributed by atoms with Gasteiger partial charge in [0.2, 0.25) is 0 Å². The molecule has 0 fully saturated rings. The Hall–Kier alpha value is -0.470. The van der Waals surface area contributed by atoms with Gasteiger partial charge in [0.05, 0.1) is 16.9 Å². The summed E-state index contributed by atoms with van der Waals surface area (Å²) in [6, 6.07) is 0. The van der Waals surface area contributed by atoms with Crippen LogP contribution >= 0.6 is 23.2 Å². The number of nitrogens with zero attached hydrogens (tertiary/aromatic N) is 2. The summed E-state index contributed by atoms with van der Waals surface area (Å²) in [4.78, 5) is 0. The van der Waals surface area contributed by atoms with E-state index in [1.54, 1.807) is 6.20 Å². The van der Waals surface area contributed by atoms with E-state index >= 15 is 0 Å². The quantitative estimate of drug-likeness (QED) is 0.726. The summed E-state index contributed by atoms with van der Waals surface area (Å²) in [7, 11) is 0. The van der Waals surface area contributed by atoms with Crippen molar-refractivity contribution in [3.63, 3.8) is 0 Å². The Morgan fingerprint density at radius 2 is 2.36 bits per heavy atom. The van der Waals surface area contributed by atoms with Crippen LogP contribution in [0.2, 0.25) is 5.02 Å². The number of allylic oxidation sites excluding steroid dienone is 2. The number of hydrogen-bond donors (Lipinski definition) is 0. The molecule has 1 aromatic rings. The van der Waals surface area contributed by atoms with Crippen molar-refractivity contribution in [3.05, 3.63) is 23.0 Å². The van der Waals surface area contributed by atoms with Gasteiger partial charge in [0.15, 0.2) is 0 Å². The average molecular weight is 233 g/mol. The van der Waals surface area contributed by atoms with Crippen LogP contribution in [0.15, 0.2) is 12.3 Å². The average Bonchev–Trinajstić information content (AvgIpc) is 2.56. The molecule has 0 radical (unpaired) electrons. The fourth-order valence-corrected chi connectivity index (χ4v) is 1.76. The zero-order valence-electron chi connectivity index (χ0n) is 8.43. The Balaban J connectivity index is 2.98. The first-order valence-corrected chi connectivity index (χ1v) is 5.56. The summed E-state index contributed by atoms with van der Waals surface area (Å²) in [5.74, 6) is 0.634. The standard InChI is InChI=1S/C10H14Cl2N2/c1-3-14-10(9(12)7-13-14)8(2)5-4-6-11/h5,7H,3-4,6H2,1-2H3. The van der Waals surface area contributed by atoms with Crippen molar-refractivity contribution in [2.45, 2.75) is 26.8 Å². The lowest BCUT2D eigenvalue weighted by atomic mass is 10.2. The van der Waals surface area contributed by atoms with Crippen molar-refractivity contribution < 1.29 is 0 Å². The number of aromatic nitrogens is 2. The van der Waals surface area contributed by atoms with Gasteiger partial charge in [0.1, 0.15) is 0 Å². The first-order valence-electron chi connectivity index (χ1n) is 4.65. The molecule has 4 heteroatoms. The first kappa shape index (κ1) is 11.6. The zero-order chi connectivity index (χ0) is 10.6. The predicted molar refractivity (Wildman–Crippen MR) is 61.9 cm³/mol. The second kappa shape index (κ2) is 5.42. The molecule has 0 saturated carbocycles. The van der Waals surface area contributed by atoms with Gasteiger partial charge in [-0.1, -0.05) is 17.7 Å². The third kappa shape index (κ3) is 2.52. The fraction of sp³-hybridized carbons (Fsp3) is 0.500. The van der Waals surface area contributed by atoms with Gasteiger partial charge in [0, 0.05) is 12.4 Å². The van der Waals surface area contributed by atoms with Crippen molar-refractivity contribution in [2.24, 2.45) is 0 Å². The molecule has 0 aliphatic carbocycles. The van der Waals surface area contributed by atoms with E-state index in [0.717, 1.165) is 24.2 Å². The molecule has 14 heavy (non-hydrogen) atoms. The summed E-state index contributed by atoms with van der Waals surface area (Å²) in [5, 5.41) is 4.88. The summed E-state index contributed by atoms with van der Waals surface area (Å²) in [5.41, 5.74) is 2.13. The molecule has 0 bridgehead atoms. The van der Waals surface area contributed by atoms with Crippen LogP contribution in [0, 0.1) is 0 Å². The van der Waals surface area contributed by atoms with Crippen LogP contribution in [0.1, 0.15) is 26.0 Å². The SMILES string of the molecule is CCn1ncc(Cl)c1C(C)=CCCCl. The maximum atomic E-state index is 6.04. The van der Waals surface area contributed by atoms with Gasteiger partial charge in [-0.2, -0.15) is 5.10 Å². The first-order chi connectivity index (χ1) is 6.70. The zero-order valence-corrected chi connectivity index (χ0v) is 9.94. The lowest BCUT2D eigenvalue weighted by molar-refractivity contribution is 0.651. The number of aryl methyl sites for hydroxylation is 1. The van der Waals surface area contributed by atoms with Gasteiger partial charge in [-0.3, -0.25) is 4.68 Å². The van der Waals surface area contributed by atoms with Crippen molar-refractivity contribution in [3.8, 4) is 0 Å². The lowest BCUT2D eigenvalue weighted by Crippen LogP contribution is -2.01. The summed E-state index contributed by atoms with van der Waals surface area (Å²) >= 11 is 11.7. The molecule has 0 saturated heterocycles. The number of alkyl halides is 1. The molecular formula is C10H14Cl2N2. The van der Waals surface area contributed by atoms with Crippen LogP contribution in [-0.2, 0) is 6.54 Å². The molecular weight excluding hydrogens is 219 g/mol. The van der Waals surface area contributed by atoms with Crippen molar-refractivity contribution in [2.75, 3.05) is 5.88 Å². The van der Waals surface area contributed by atoms with Crippen molar-refractivity contribution >= 4 is 28.8 Å². The molecule has 0 spiro atoms. The molecule has 0 N–H and O–H groups in total. The Labute approximate surface area is 94.5 Å². The van der Waals surface area contributed by atoms with E-state index in [9.17, 15) is 0 Å². The minimum Gasteiger partial charge on any atom is -0.264 e. The summed E-state index contributed by atoms with van der Waals surface area (Å²) < 4.78 is 1.89. The van der Waals surface area contributed by atoms with Crippen LogP contribution < -0.4 is 0 Å². The summed E-state index contributed by atoms with van der Waals surface area (Å²) in [6.07, 6.45) is 4.62. The molecule has 1 heterocycles. The minimum atomic E-state index is 0.634.